The van der Waals surface area contributed by atoms with Crippen molar-refractivity contribution >= 4 is 11.6 Å². The number of fused-ring (bicyclic) bond motifs is 2. The molecular weight excluding hydrogens is 376 g/mol. The maximum Gasteiger partial charge on any atom is 0.272 e. The van der Waals surface area contributed by atoms with Gasteiger partial charge in [0.2, 0.25) is 6.79 Å². The standard InChI is InChI=1S/C25H26N2O3/c1-16-7-9-18(10-8-16)14-27-21-6-4-3-5-20(21)17(2)24(27)25(28)26-19-11-12-22-23(13-19)30-15-29-22/h7-13H,3-6,14-15H2,1-2H3,(H,26,28). The third-order valence-electron chi connectivity index (χ3n) is 6.15. The number of nitrogens with one attached hydrogen (secondary N) is 1. The summed E-state index contributed by atoms with van der Waals surface area (Å²) in [7, 11) is 0. The number of hydrogen-bond donors (Lipinski definition) is 1. The van der Waals surface area contributed by atoms with Crippen molar-refractivity contribution in [3.8, 4) is 11.5 Å². The molecule has 1 aromatic heterocycles. The molecule has 1 N–H and O–H groups in total. The molecule has 1 amide bonds. The Bertz CT molecular complexity index is 1110. The number of carbonyl (C=O) groups excluding carboxylic acids is 1. The highest BCUT2D eigenvalue weighted by atomic mass is 16.7. The first-order chi connectivity index (χ1) is 14.6. The molecule has 0 unspecified atom stereocenters. The summed E-state index contributed by atoms with van der Waals surface area (Å²) in [5.41, 5.74) is 7.70. The number of aryl methyl sites for hydroxylation is 1. The number of anilines is 1. The fourth-order valence-corrected chi connectivity index (χ4v) is 4.58. The molecule has 5 nitrogen and oxygen atoms in total. The lowest BCUT2D eigenvalue weighted by atomic mass is 9.95. The maximum absolute atomic E-state index is 13.4. The summed E-state index contributed by atoms with van der Waals surface area (Å²) < 4.78 is 13.1. The molecule has 154 valence electrons. The Morgan fingerprint density at radius 1 is 1.00 bits per heavy atom. The SMILES string of the molecule is Cc1ccc(Cn2c3c(c(C)c2C(=O)Nc2ccc4c(c2)OCO4)CCCC3)cc1. The van der Waals surface area contributed by atoms with Gasteiger partial charge in [-0.1, -0.05) is 29.8 Å². The minimum atomic E-state index is -0.0760. The molecule has 1 aliphatic heterocycles. The van der Waals surface area contributed by atoms with Gasteiger partial charge in [-0.05, 0) is 68.4 Å². The molecule has 2 aliphatic rings. The molecule has 30 heavy (non-hydrogen) atoms. The summed E-state index contributed by atoms with van der Waals surface area (Å²) in [6, 6.07) is 14.1. The van der Waals surface area contributed by atoms with Crippen LogP contribution in [0.15, 0.2) is 42.5 Å². The topological polar surface area (TPSA) is 52.5 Å². The number of ether oxygens (including phenoxy) is 2. The van der Waals surface area contributed by atoms with Gasteiger partial charge in [-0.2, -0.15) is 0 Å². The van der Waals surface area contributed by atoms with Crippen LogP contribution < -0.4 is 14.8 Å². The Labute approximate surface area is 176 Å². The average molecular weight is 402 g/mol. The van der Waals surface area contributed by atoms with Crippen LogP contribution in [-0.4, -0.2) is 17.3 Å². The number of hydrogen-bond acceptors (Lipinski definition) is 3. The van der Waals surface area contributed by atoms with E-state index >= 15 is 0 Å². The van der Waals surface area contributed by atoms with E-state index in [2.05, 4.69) is 48.0 Å². The smallest absolute Gasteiger partial charge is 0.272 e. The Hall–Kier alpha value is -3.21. The van der Waals surface area contributed by atoms with Crippen molar-refractivity contribution in [2.45, 2.75) is 46.1 Å². The van der Waals surface area contributed by atoms with Crippen LogP contribution in [0.4, 0.5) is 5.69 Å². The molecule has 2 heterocycles. The molecule has 0 saturated carbocycles. The summed E-state index contributed by atoms with van der Waals surface area (Å²) in [5.74, 6) is 1.30. The first-order valence-electron chi connectivity index (χ1n) is 10.6. The zero-order valence-electron chi connectivity index (χ0n) is 17.5. The van der Waals surface area contributed by atoms with E-state index in [4.69, 9.17) is 9.47 Å². The highest BCUT2D eigenvalue weighted by Crippen LogP contribution is 2.35. The first-order valence-corrected chi connectivity index (χ1v) is 10.6. The van der Waals surface area contributed by atoms with Crippen LogP contribution in [0.5, 0.6) is 11.5 Å². The maximum atomic E-state index is 13.4. The molecule has 0 fully saturated rings. The van der Waals surface area contributed by atoms with Crippen LogP contribution in [0.3, 0.4) is 0 Å². The highest BCUT2D eigenvalue weighted by molar-refractivity contribution is 6.05. The third-order valence-corrected chi connectivity index (χ3v) is 6.15. The summed E-state index contributed by atoms with van der Waals surface area (Å²) in [6.07, 6.45) is 4.44. The fraction of sp³-hybridized carbons (Fsp3) is 0.320. The Kier molecular flexibility index (Phi) is 4.74. The summed E-state index contributed by atoms with van der Waals surface area (Å²) in [6.45, 7) is 5.11. The van der Waals surface area contributed by atoms with Gasteiger partial charge < -0.3 is 19.4 Å². The summed E-state index contributed by atoms with van der Waals surface area (Å²) in [5, 5.41) is 3.08. The minimum Gasteiger partial charge on any atom is -0.454 e. The van der Waals surface area contributed by atoms with E-state index in [1.54, 1.807) is 0 Å². The normalized spacial score (nSPS) is 14.5. The Morgan fingerprint density at radius 2 is 1.77 bits per heavy atom. The van der Waals surface area contributed by atoms with Gasteiger partial charge in [0, 0.05) is 24.0 Å². The molecule has 0 spiro atoms. The monoisotopic (exact) mass is 402 g/mol. The number of amides is 1. The predicted octanol–water partition coefficient (Wildman–Crippen LogP) is 5.01. The van der Waals surface area contributed by atoms with Crippen LogP contribution in [-0.2, 0) is 19.4 Å². The molecule has 3 aromatic rings. The molecule has 0 radical (unpaired) electrons. The molecular formula is C25H26N2O3. The van der Waals surface area contributed by atoms with Gasteiger partial charge in [0.1, 0.15) is 5.69 Å². The largest absolute Gasteiger partial charge is 0.454 e. The molecule has 0 bridgehead atoms. The van der Waals surface area contributed by atoms with Crippen molar-refractivity contribution < 1.29 is 14.3 Å². The zero-order valence-corrected chi connectivity index (χ0v) is 17.5. The predicted molar refractivity (Wildman–Crippen MR) is 117 cm³/mol. The number of rotatable bonds is 4. The van der Waals surface area contributed by atoms with Crippen molar-refractivity contribution in [3.05, 3.63) is 76.1 Å². The van der Waals surface area contributed by atoms with Gasteiger partial charge in [-0.25, -0.2) is 0 Å². The summed E-state index contributed by atoms with van der Waals surface area (Å²) in [4.78, 5) is 13.4. The van der Waals surface area contributed by atoms with Gasteiger partial charge in [-0.3, -0.25) is 4.79 Å². The van der Waals surface area contributed by atoms with Crippen LogP contribution in [0.2, 0.25) is 0 Å². The van der Waals surface area contributed by atoms with Gasteiger partial charge in [0.15, 0.2) is 11.5 Å². The molecule has 5 rings (SSSR count). The second-order valence-electron chi connectivity index (χ2n) is 8.20. The first kappa shape index (κ1) is 18.8. The number of aromatic nitrogens is 1. The Balaban J connectivity index is 1.50. The van der Waals surface area contributed by atoms with E-state index in [1.807, 2.05) is 18.2 Å². The fourth-order valence-electron chi connectivity index (χ4n) is 4.58. The quantitative estimate of drug-likeness (QED) is 0.667. The van der Waals surface area contributed by atoms with E-state index in [-0.39, 0.29) is 12.7 Å². The highest BCUT2D eigenvalue weighted by Gasteiger charge is 2.26. The van der Waals surface area contributed by atoms with Crippen molar-refractivity contribution in [3.63, 3.8) is 0 Å². The number of carbonyl (C=O) groups is 1. The molecule has 0 atom stereocenters. The van der Waals surface area contributed by atoms with E-state index in [9.17, 15) is 4.79 Å². The molecule has 1 aliphatic carbocycles. The van der Waals surface area contributed by atoms with Gasteiger partial charge >= 0.3 is 0 Å². The van der Waals surface area contributed by atoms with Crippen LogP contribution in [0.1, 0.15) is 51.3 Å². The van der Waals surface area contributed by atoms with Crippen molar-refractivity contribution in [1.82, 2.24) is 4.57 Å². The van der Waals surface area contributed by atoms with Crippen LogP contribution >= 0.6 is 0 Å². The number of nitrogens with zero attached hydrogens (tertiary/aromatic N) is 1. The van der Waals surface area contributed by atoms with Gasteiger partial charge in [0.25, 0.3) is 5.91 Å². The van der Waals surface area contributed by atoms with Gasteiger partial charge in [0.05, 0.1) is 0 Å². The Morgan fingerprint density at radius 3 is 2.60 bits per heavy atom. The van der Waals surface area contributed by atoms with Gasteiger partial charge in [-0.15, -0.1) is 0 Å². The van der Waals surface area contributed by atoms with E-state index < -0.39 is 0 Å². The van der Waals surface area contributed by atoms with Crippen molar-refractivity contribution in [2.24, 2.45) is 0 Å². The van der Waals surface area contributed by atoms with Crippen LogP contribution in [0, 0.1) is 13.8 Å². The third kappa shape index (κ3) is 3.34. The minimum absolute atomic E-state index is 0.0760. The average Bonchev–Trinajstić information content (AvgIpc) is 3.32. The lowest BCUT2D eigenvalue weighted by Crippen LogP contribution is -2.20. The number of benzene rings is 2. The second kappa shape index (κ2) is 7.56. The van der Waals surface area contributed by atoms with E-state index in [1.165, 1.54) is 35.2 Å². The molecule has 0 saturated heterocycles. The lowest BCUT2D eigenvalue weighted by Gasteiger charge is -2.17. The molecule has 2 aromatic carbocycles. The van der Waals surface area contributed by atoms with Crippen molar-refractivity contribution in [1.29, 1.82) is 0 Å². The van der Waals surface area contributed by atoms with Crippen molar-refractivity contribution in [2.75, 3.05) is 12.1 Å². The van der Waals surface area contributed by atoms with E-state index in [0.717, 1.165) is 24.1 Å². The molecule has 5 heteroatoms. The summed E-state index contributed by atoms with van der Waals surface area (Å²) >= 11 is 0. The van der Waals surface area contributed by atoms with Crippen LogP contribution in [0.25, 0.3) is 0 Å². The second-order valence-corrected chi connectivity index (χ2v) is 8.20. The van der Waals surface area contributed by atoms with E-state index in [0.29, 0.717) is 23.7 Å². The lowest BCUT2D eigenvalue weighted by molar-refractivity contribution is 0.101. The zero-order chi connectivity index (χ0) is 20.7.